The van der Waals surface area contributed by atoms with Crippen molar-refractivity contribution in [3.05, 3.63) is 23.8 Å². The molecule has 1 unspecified atom stereocenters. The molecule has 2 rings (SSSR count). The first-order valence-corrected chi connectivity index (χ1v) is 6.41. The average molecular weight is 247 g/mol. The minimum absolute atomic E-state index is 0.0223. The van der Waals surface area contributed by atoms with Gasteiger partial charge < -0.3 is 15.5 Å². The third-order valence-corrected chi connectivity index (χ3v) is 3.43. The second-order valence-electron chi connectivity index (χ2n) is 4.96. The third kappa shape index (κ3) is 2.64. The van der Waals surface area contributed by atoms with Crippen molar-refractivity contribution in [3.63, 3.8) is 0 Å². The van der Waals surface area contributed by atoms with Gasteiger partial charge in [-0.2, -0.15) is 0 Å². The molecule has 0 radical (unpaired) electrons. The van der Waals surface area contributed by atoms with E-state index in [1.165, 1.54) is 11.3 Å². The molecule has 0 fully saturated rings. The Morgan fingerprint density at radius 2 is 2.28 bits per heavy atom. The predicted octanol–water partition coefficient (Wildman–Crippen LogP) is 1.47. The van der Waals surface area contributed by atoms with Gasteiger partial charge in [0.05, 0.1) is 0 Å². The van der Waals surface area contributed by atoms with E-state index < -0.39 is 0 Å². The number of hydrogen-bond acceptors (Lipinski definition) is 3. The molecule has 4 heteroatoms. The molecule has 1 aromatic rings. The number of amides is 1. The zero-order valence-corrected chi connectivity index (χ0v) is 11.3. The molecule has 2 N–H and O–H groups in total. The SMILES string of the molecule is CNCC(C)C(=O)Nc1ccc2c(c1)CCN2C. The zero-order valence-electron chi connectivity index (χ0n) is 11.3. The monoisotopic (exact) mass is 247 g/mol. The quantitative estimate of drug-likeness (QED) is 0.847. The molecule has 98 valence electrons. The van der Waals surface area contributed by atoms with Gasteiger partial charge in [0.2, 0.25) is 5.91 Å². The van der Waals surface area contributed by atoms with Crippen molar-refractivity contribution < 1.29 is 4.79 Å². The van der Waals surface area contributed by atoms with Crippen LogP contribution in [0.5, 0.6) is 0 Å². The van der Waals surface area contributed by atoms with Crippen LogP contribution in [0.2, 0.25) is 0 Å². The van der Waals surface area contributed by atoms with Gasteiger partial charge in [-0.15, -0.1) is 0 Å². The molecule has 1 atom stereocenters. The lowest BCUT2D eigenvalue weighted by Gasteiger charge is -2.14. The molecule has 0 saturated carbocycles. The highest BCUT2D eigenvalue weighted by molar-refractivity contribution is 5.92. The van der Waals surface area contributed by atoms with Crippen LogP contribution in [0, 0.1) is 5.92 Å². The van der Waals surface area contributed by atoms with Crippen LogP contribution < -0.4 is 15.5 Å². The van der Waals surface area contributed by atoms with Crippen molar-refractivity contribution >= 4 is 17.3 Å². The van der Waals surface area contributed by atoms with Gasteiger partial charge in [0.1, 0.15) is 0 Å². The number of hydrogen-bond donors (Lipinski definition) is 2. The molecule has 1 aliphatic heterocycles. The van der Waals surface area contributed by atoms with Crippen molar-refractivity contribution in [1.82, 2.24) is 5.32 Å². The summed E-state index contributed by atoms with van der Waals surface area (Å²) in [5.74, 6) is 0.0431. The van der Waals surface area contributed by atoms with Gasteiger partial charge in [0.25, 0.3) is 0 Å². The lowest BCUT2D eigenvalue weighted by atomic mass is 10.1. The number of benzene rings is 1. The van der Waals surface area contributed by atoms with E-state index in [1.54, 1.807) is 0 Å². The van der Waals surface area contributed by atoms with Crippen LogP contribution in [0.4, 0.5) is 11.4 Å². The number of nitrogens with zero attached hydrogens (tertiary/aromatic N) is 1. The largest absolute Gasteiger partial charge is 0.374 e. The number of likely N-dealkylation sites (N-methyl/N-ethyl adjacent to an activating group) is 1. The van der Waals surface area contributed by atoms with Crippen molar-refractivity contribution in [2.45, 2.75) is 13.3 Å². The second kappa shape index (κ2) is 5.40. The summed E-state index contributed by atoms with van der Waals surface area (Å²) in [5, 5.41) is 5.99. The van der Waals surface area contributed by atoms with Crippen LogP contribution in [0.3, 0.4) is 0 Å². The molecule has 1 heterocycles. The predicted molar refractivity (Wildman–Crippen MR) is 75.1 cm³/mol. The van der Waals surface area contributed by atoms with Gasteiger partial charge in [-0.3, -0.25) is 4.79 Å². The fourth-order valence-electron chi connectivity index (χ4n) is 2.31. The van der Waals surface area contributed by atoms with Crippen LogP contribution in [0.1, 0.15) is 12.5 Å². The molecule has 1 amide bonds. The molecular formula is C14H21N3O. The van der Waals surface area contributed by atoms with E-state index in [9.17, 15) is 4.79 Å². The summed E-state index contributed by atoms with van der Waals surface area (Å²) < 4.78 is 0. The minimum atomic E-state index is -0.0223. The summed E-state index contributed by atoms with van der Waals surface area (Å²) >= 11 is 0. The molecule has 4 nitrogen and oxygen atoms in total. The Balaban J connectivity index is 2.05. The Morgan fingerprint density at radius 1 is 1.50 bits per heavy atom. The summed E-state index contributed by atoms with van der Waals surface area (Å²) in [6.07, 6.45) is 1.06. The normalized spacial score (nSPS) is 15.4. The molecule has 0 aromatic heterocycles. The Labute approximate surface area is 108 Å². The van der Waals surface area contributed by atoms with Crippen molar-refractivity contribution in [3.8, 4) is 0 Å². The first-order valence-electron chi connectivity index (χ1n) is 6.41. The van der Waals surface area contributed by atoms with E-state index in [2.05, 4.69) is 34.7 Å². The Morgan fingerprint density at radius 3 is 3.00 bits per heavy atom. The highest BCUT2D eigenvalue weighted by Gasteiger charge is 2.17. The van der Waals surface area contributed by atoms with Gasteiger partial charge >= 0.3 is 0 Å². The van der Waals surface area contributed by atoms with E-state index in [0.29, 0.717) is 6.54 Å². The van der Waals surface area contributed by atoms with Crippen molar-refractivity contribution in [2.75, 3.05) is 37.4 Å². The minimum Gasteiger partial charge on any atom is -0.374 e. The van der Waals surface area contributed by atoms with E-state index in [1.807, 2.05) is 20.0 Å². The summed E-state index contributed by atoms with van der Waals surface area (Å²) in [7, 11) is 3.95. The molecule has 1 aliphatic rings. The number of anilines is 2. The lowest BCUT2D eigenvalue weighted by molar-refractivity contribution is -0.119. The number of rotatable bonds is 4. The molecular weight excluding hydrogens is 226 g/mol. The Bertz CT molecular complexity index is 445. The van der Waals surface area contributed by atoms with Gasteiger partial charge in [-0.05, 0) is 37.2 Å². The molecule has 0 bridgehead atoms. The molecule has 0 spiro atoms. The molecule has 1 aromatic carbocycles. The van der Waals surface area contributed by atoms with E-state index in [-0.39, 0.29) is 11.8 Å². The topological polar surface area (TPSA) is 44.4 Å². The van der Waals surface area contributed by atoms with E-state index in [4.69, 9.17) is 0 Å². The van der Waals surface area contributed by atoms with Gasteiger partial charge in [0.15, 0.2) is 0 Å². The van der Waals surface area contributed by atoms with Crippen LogP contribution in [0.25, 0.3) is 0 Å². The van der Waals surface area contributed by atoms with E-state index >= 15 is 0 Å². The first-order chi connectivity index (χ1) is 8.61. The van der Waals surface area contributed by atoms with Crippen LogP contribution in [-0.4, -0.2) is 33.1 Å². The smallest absolute Gasteiger partial charge is 0.228 e. The Kier molecular flexibility index (Phi) is 3.87. The fraction of sp³-hybridized carbons (Fsp3) is 0.500. The number of nitrogens with one attached hydrogen (secondary N) is 2. The number of carbonyl (C=O) groups is 1. The number of fused-ring (bicyclic) bond motifs is 1. The lowest BCUT2D eigenvalue weighted by Crippen LogP contribution is -2.28. The molecule has 0 aliphatic carbocycles. The van der Waals surface area contributed by atoms with Gasteiger partial charge in [-0.25, -0.2) is 0 Å². The standard InChI is InChI=1S/C14H21N3O/c1-10(9-15-2)14(18)16-12-4-5-13-11(8-12)6-7-17(13)3/h4-5,8,10,15H,6-7,9H2,1-3H3,(H,16,18). The maximum absolute atomic E-state index is 11.9. The van der Waals surface area contributed by atoms with Gasteiger partial charge in [0, 0.05) is 37.4 Å². The van der Waals surface area contributed by atoms with Crippen LogP contribution in [-0.2, 0) is 11.2 Å². The number of carbonyl (C=O) groups excluding carboxylic acids is 1. The summed E-state index contributed by atoms with van der Waals surface area (Å²) in [6.45, 7) is 3.68. The van der Waals surface area contributed by atoms with Crippen LogP contribution in [0.15, 0.2) is 18.2 Å². The highest BCUT2D eigenvalue weighted by Crippen LogP contribution is 2.29. The third-order valence-electron chi connectivity index (χ3n) is 3.43. The second-order valence-corrected chi connectivity index (χ2v) is 4.96. The zero-order chi connectivity index (χ0) is 13.1. The fourth-order valence-corrected chi connectivity index (χ4v) is 2.31. The van der Waals surface area contributed by atoms with E-state index in [0.717, 1.165) is 18.7 Å². The molecule has 0 saturated heterocycles. The first kappa shape index (κ1) is 12.9. The average Bonchev–Trinajstić information content (AvgIpc) is 2.71. The van der Waals surface area contributed by atoms with Crippen molar-refractivity contribution in [1.29, 1.82) is 0 Å². The Hall–Kier alpha value is -1.55. The molecule has 18 heavy (non-hydrogen) atoms. The maximum atomic E-state index is 11.9. The summed E-state index contributed by atoms with van der Waals surface area (Å²) in [5.41, 5.74) is 3.49. The maximum Gasteiger partial charge on any atom is 0.228 e. The van der Waals surface area contributed by atoms with Gasteiger partial charge in [-0.1, -0.05) is 6.92 Å². The summed E-state index contributed by atoms with van der Waals surface area (Å²) in [4.78, 5) is 14.1. The van der Waals surface area contributed by atoms with Crippen LogP contribution >= 0.6 is 0 Å². The highest BCUT2D eigenvalue weighted by atomic mass is 16.1. The summed E-state index contributed by atoms with van der Waals surface area (Å²) in [6, 6.07) is 6.15. The van der Waals surface area contributed by atoms with Crippen molar-refractivity contribution in [2.24, 2.45) is 5.92 Å².